The number of aromatic nitrogens is 3. The van der Waals surface area contributed by atoms with Gasteiger partial charge in [0.2, 0.25) is 0 Å². The molecule has 1 aromatic heterocycles. The molecule has 2 aromatic carbocycles. The zero-order valence-corrected chi connectivity index (χ0v) is 13.4. The standard InChI is InChI=1S/C17H14F2N4O2/c1-9-20-16(23-22-9)10-3-5-11(6-4-10)17(24)21-12-7-13(18)15(25-2)14(19)8-12/h3-8H,1-2H3,(H,21,24)(H,20,22,23). The van der Waals surface area contributed by atoms with Crippen LogP contribution in [-0.4, -0.2) is 28.2 Å². The number of hydrogen-bond acceptors (Lipinski definition) is 4. The number of carbonyl (C=O) groups excluding carboxylic acids is 1. The number of amides is 1. The fourth-order valence-electron chi connectivity index (χ4n) is 2.27. The summed E-state index contributed by atoms with van der Waals surface area (Å²) < 4.78 is 31.9. The second kappa shape index (κ2) is 6.68. The Kier molecular flexibility index (Phi) is 4.42. The monoisotopic (exact) mass is 344 g/mol. The lowest BCUT2D eigenvalue weighted by Crippen LogP contribution is -2.12. The van der Waals surface area contributed by atoms with Gasteiger partial charge in [0, 0.05) is 28.9 Å². The fourth-order valence-corrected chi connectivity index (χ4v) is 2.27. The third kappa shape index (κ3) is 3.47. The zero-order chi connectivity index (χ0) is 18.0. The van der Waals surface area contributed by atoms with Crippen molar-refractivity contribution in [2.75, 3.05) is 12.4 Å². The number of methoxy groups -OCH3 is 1. The summed E-state index contributed by atoms with van der Waals surface area (Å²) in [6.07, 6.45) is 0. The molecule has 0 aliphatic carbocycles. The molecule has 0 aliphatic heterocycles. The quantitative estimate of drug-likeness (QED) is 0.761. The van der Waals surface area contributed by atoms with E-state index in [4.69, 9.17) is 0 Å². The molecule has 0 spiro atoms. The minimum absolute atomic E-state index is 0.00512. The molecular formula is C17H14F2N4O2. The third-order valence-corrected chi connectivity index (χ3v) is 3.46. The van der Waals surface area contributed by atoms with Crippen LogP contribution in [0.25, 0.3) is 11.4 Å². The molecule has 0 saturated heterocycles. The number of anilines is 1. The Morgan fingerprint density at radius 3 is 2.32 bits per heavy atom. The molecule has 8 heteroatoms. The van der Waals surface area contributed by atoms with Crippen LogP contribution < -0.4 is 10.1 Å². The van der Waals surface area contributed by atoms with Gasteiger partial charge in [-0.05, 0) is 19.1 Å². The Morgan fingerprint density at radius 2 is 1.80 bits per heavy atom. The Labute approximate surface area is 141 Å². The summed E-state index contributed by atoms with van der Waals surface area (Å²) in [5, 5.41) is 9.21. The van der Waals surface area contributed by atoms with E-state index in [9.17, 15) is 13.6 Å². The van der Waals surface area contributed by atoms with Crippen molar-refractivity contribution in [2.45, 2.75) is 6.92 Å². The van der Waals surface area contributed by atoms with Crippen LogP contribution in [0, 0.1) is 18.6 Å². The molecule has 128 valence electrons. The van der Waals surface area contributed by atoms with Crippen LogP contribution in [0.5, 0.6) is 5.75 Å². The summed E-state index contributed by atoms with van der Waals surface area (Å²) in [5.74, 6) is -1.59. The van der Waals surface area contributed by atoms with E-state index in [0.29, 0.717) is 17.2 Å². The van der Waals surface area contributed by atoms with E-state index in [1.807, 2.05) is 0 Å². The van der Waals surface area contributed by atoms with Gasteiger partial charge >= 0.3 is 0 Å². The Morgan fingerprint density at radius 1 is 1.16 bits per heavy atom. The first-order valence-electron chi connectivity index (χ1n) is 7.31. The summed E-state index contributed by atoms with van der Waals surface area (Å²) in [4.78, 5) is 16.4. The first-order valence-corrected chi connectivity index (χ1v) is 7.31. The van der Waals surface area contributed by atoms with Crippen molar-refractivity contribution in [3.63, 3.8) is 0 Å². The number of nitrogens with zero attached hydrogens (tertiary/aromatic N) is 2. The summed E-state index contributed by atoms with van der Waals surface area (Å²) in [6, 6.07) is 8.51. The maximum Gasteiger partial charge on any atom is 0.255 e. The minimum Gasteiger partial charge on any atom is -0.491 e. The Bertz CT molecular complexity index is 900. The molecule has 2 N–H and O–H groups in total. The smallest absolute Gasteiger partial charge is 0.255 e. The van der Waals surface area contributed by atoms with Gasteiger partial charge in [-0.1, -0.05) is 12.1 Å². The zero-order valence-electron chi connectivity index (χ0n) is 13.4. The molecule has 6 nitrogen and oxygen atoms in total. The number of H-pyrrole nitrogens is 1. The summed E-state index contributed by atoms with van der Waals surface area (Å²) in [7, 11) is 1.16. The van der Waals surface area contributed by atoms with Crippen molar-refractivity contribution in [3.05, 3.63) is 59.4 Å². The van der Waals surface area contributed by atoms with Crippen LogP contribution in [0.3, 0.4) is 0 Å². The molecule has 0 saturated carbocycles. The number of ether oxygens (including phenoxy) is 1. The molecule has 3 aromatic rings. The number of hydrogen-bond donors (Lipinski definition) is 2. The van der Waals surface area contributed by atoms with E-state index in [2.05, 4.69) is 25.2 Å². The molecular weight excluding hydrogens is 330 g/mol. The van der Waals surface area contributed by atoms with Gasteiger partial charge in [0.15, 0.2) is 23.2 Å². The molecule has 0 fully saturated rings. The second-order valence-electron chi connectivity index (χ2n) is 5.25. The van der Waals surface area contributed by atoms with Gasteiger partial charge in [0.25, 0.3) is 5.91 Å². The Balaban J connectivity index is 1.77. The number of rotatable bonds is 4. The average molecular weight is 344 g/mol. The predicted octanol–water partition coefficient (Wildman–Crippen LogP) is 3.32. The van der Waals surface area contributed by atoms with E-state index < -0.39 is 23.3 Å². The number of aromatic amines is 1. The highest BCUT2D eigenvalue weighted by molar-refractivity contribution is 6.04. The van der Waals surface area contributed by atoms with Crippen LogP contribution in [0.2, 0.25) is 0 Å². The molecule has 0 bridgehead atoms. The lowest BCUT2D eigenvalue weighted by Gasteiger charge is -2.09. The molecule has 0 unspecified atom stereocenters. The SMILES string of the molecule is COc1c(F)cc(NC(=O)c2ccc(-c3n[nH]c(C)n3)cc2)cc1F. The number of benzene rings is 2. The highest BCUT2D eigenvalue weighted by Gasteiger charge is 2.14. The van der Waals surface area contributed by atoms with Crippen molar-refractivity contribution in [3.8, 4) is 17.1 Å². The van der Waals surface area contributed by atoms with Gasteiger partial charge in [0.1, 0.15) is 5.82 Å². The first-order chi connectivity index (χ1) is 12.0. The largest absolute Gasteiger partial charge is 0.491 e. The van der Waals surface area contributed by atoms with Crippen molar-refractivity contribution < 1.29 is 18.3 Å². The average Bonchev–Trinajstić information content (AvgIpc) is 3.01. The first kappa shape index (κ1) is 16.6. The topological polar surface area (TPSA) is 79.9 Å². The van der Waals surface area contributed by atoms with Gasteiger partial charge < -0.3 is 10.1 Å². The molecule has 1 amide bonds. The normalized spacial score (nSPS) is 10.6. The van der Waals surface area contributed by atoms with E-state index in [1.54, 1.807) is 31.2 Å². The van der Waals surface area contributed by atoms with E-state index in [1.165, 1.54) is 0 Å². The van der Waals surface area contributed by atoms with Crippen molar-refractivity contribution in [1.29, 1.82) is 0 Å². The number of aryl methyl sites for hydroxylation is 1. The lowest BCUT2D eigenvalue weighted by atomic mass is 10.1. The number of carbonyl (C=O) groups is 1. The number of nitrogens with one attached hydrogen (secondary N) is 2. The fraction of sp³-hybridized carbons (Fsp3) is 0.118. The van der Waals surface area contributed by atoms with Crippen LogP contribution in [0.1, 0.15) is 16.2 Å². The van der Waals surface area contributed by atoms with E-state index in [-0.39, 0.29) is 5.69 Å². The van der Waals surface area contributed by atoms with Crippen molar-refractivity contribution in [1.82, 2.24) is 15.2 Å². The number of halogens is 2. The van der Waals surface area contributed by atoms with Crippen LogP contribution in [0.15, 0.2) is 36.4 Å². The lowest BCUT2D eigenvalue weighted by molar-refractivity contribution is 0.102. The van der Waals surface area contributed by atoms with Gasteiger partial charge in [-0.2, -0.15) is 5.10 Å². The van der Waals surface area contributed by atoms with E-state index >= 15 is 0 Å². The van der Waals surface area contributed by atoms with Crippen LogP contribution in [0.4, 0.5) is 14.5 Å². The predicted molar refractivity (Wildman–Crippen MR) is 87.4 cm³/mol. The minimum atomic E-state index is -0.895. The van der Waals surface area contributed by atoms with Crippen molar-refractivity contribution in [2.24, 2.45) is 0 Å². The maximum atomic E-state index is 13.7. The molecule has 1 heterocycles. The summed E-state index contributed by atoms with van der Waals surface area (Å²) >= 11 is 0. The molecule has 0 aliphatic rings. The van der Waals surface area contributed by atoms with Gasteiger partial charge in [0.05, 0.1) is 7.11 Å². The van der Waals surface area contributed by atoms with Gasteiger partial charge in [-0.3, -0.25) is 9.89 Å². The summed E-state index contributed by atoms with van der Waals surface area (Å²) in [5.41, 5.74) is 1.06. The highest BCUT2D eigenvalue weighted by Crippen LogP contribution is 2.25. The molecule has 25 heavy (non-hydrogen) atoms. The summed E-state index contributed by atoms with van der Waals surface area (Å²) in [6.45, 7) is 1.78. The third-order valence-electron chi connectivity index (χ3n) is 3.46. The van der Waals surface area contributed by atoms with Gasteiger partial charge in [-0.15, -0.1) is 0 Å². The highest BCUT2D eigenvalue weighted by atomic mass is 19.1. The van der Waals surface area contributed by atoms with Crippen LogP contribution in [-0.2, 0) is 0 Å². The second-order valence-corrected chi connectivity index (χ2v) is 5.25. The maximum absolute atomic E-state index is 13.7. The van der Waals surface area contributed by atoms with Crippen LogP contribution >= 0.6 is 0 Å². The van der Waals surface area contributed by atoms with Crippen molar-refractivity contribution >= 4 is 11.6 Å². The molecule has 0 atom stereocenters. The van der Waals surface area contributed by atoms with E-state index in [0.717, 1.165) is 24.8 Å². The van der Waals surface area contributed by atoms with Gasteiger partial charge in [-0.25, -0.2) is 13.8 Å². The molecule has 3 rings (SSSR count). The Hall–Kier alpha value is -3.29. The molecule has 0 radical (unpaired) electrons.